The summed E-state index contributed by atoms with van der Waals surface area (Å²) in [6.45, 7) is -0.359. The third kappa shape index (κ3) is 6.84. The number of aromatic nitrogens is 1. The van der Waals surface area contributed by atoms with Crippen molar-refractivity contribution >= 4 is 17.6 Å². The number of carboxylic acid groups (broad SMARTS) is 1. The number of aliphatic hydroxyl groups is 1. The molecule has 1 heterocycles. The monoisotopic (exact) mass is 615 g/mol. The summed E-state index contributed by atoms with van der Waals surface area (Å²) in [4.78, 5) is 15.5. The number of nitriles is 1. The largest absolute Gasteiger partial charge is 0.497 e. The van der Waals surface area contributed by atoms with E-state index >= 15 is 4.39 Å². The van der Waals surface area contributed by atoms with E-state index in [9.17, 15) is 20.3 Å². The average Bonchev–Trinajstić information content (AvgIpc) is 3.44. The van der Waals surface area contributed by atoms with Crippen molar-refractivity contribution in [2.45, 2.75) is 44.4 Å². The molecule has 0 fully saturated rings. The molecule has 8 nitrogen and oxygen atoms in total. The number of pyridine rings is 1. The Morgan fingerprint density at radius 2 is 2.02 bits per heavy atom. The van der Waals surface area contributed by atoms with Crippen molar-refractivity contribution in [1.82, 2.24) is 10.3 Å². The number of fused-ring (bicyclic) bond motifs is 1. The lowest BCUT2D eigenvalue weighted by Gasteiger charge is -2.19. The lowest BCUT2D eigenvalue weighted by Crippen LogP contribution is -2.39. The van der Waals surface area contributed by atoms with E-state index in [1.54, 1.807) is 30.5 Å². The third-order valence-corrected chi connectivity index (χ3v) is 8.25. The summed E-state index contributed by atoms with van der Waals surface area (Å²) in [6.07, 6.45) is 5.35. The molecule has 4 aromatic rings. The number of nitrogens with zero attached hydrogens (tertiary/aromatic N) is 2. The SMILES string of the molecule is COc1ccc(-c2cccc3c2CC[C@@H]3Cc2cc(OCc3cncc(C#N)c3)c(CNC(CO)C(=O)O)cc2Cl)c(F)c1. The average molecular weight is 616 g/mol. The number of aliphatic carboxylic acids is 1. The number of halogens is 2. The summed E-state index contributed by atoms with van der Waals surface area (Å²) in [5, 5.41) is 31.4. The first kappa shape index (κ1) is 31.0. The van der Waals surface area contributed by atoms with Crippen LogP contribution >= 0.6 is 11.6 Å². The van der Waals surface area contributed by atoms with Gasteiger partial charge in [0.2, 0.25) is 0 Å². The number of rotatable bonds is 12. The van der Waals surface area contributed by atoms with Crippen LogP contribution in [0.3, 0.4) is 0 Å². The maximum atomic E-state index is 15.0. The van der Waals surface area contributed by atoms with Crippen molar-refractivity contribution in [3.63, 3.8) is 0 Å². The summed E-state index contributed by atoms with van der Waals surface area (Å²) in [7, 11) is 1.51. The molecule has 3 aromatic carbocycles. The molecule has 0 aliphatic heterocycles. The van der Waals surface area contributed by atoms with Crippen LogP contribution < -0.4 is 14.8 Å². The van der Waals surface area contributed by atoms with Crippen LogP contribution in [0.15, 0.2) is 67.0 Å². The highest BCUT2D eigenvalue weighted by Gasteiger charge is 2.27. The smallest absolute Gasteiger partial charge is 0.323 e. The van der Waals surface area contributed by atoms with Gasteiger partial charge in [-0.25, -0.2) is 4.39 Å². The Morgan fingerprint density at radius 3 is 2.75 bits per heavy atom. The van der Waals surface area contributed by atoms with Gasteiger partial charge in [0.05, 0.1) is 19.3 Å². The maximum Gasteiger partial charge on any atom is 0.323 e. The van der Waals surface area contributed by atoms with Crippen molar-refractivity contribution in [2.75, 3.05) is 13.7 Å². The molecule has 1 aliphatic rings. The van der Waals surface area contributed by atoms with Gasteiger partial charge in [-0.1, -0.05) is 29.8 Å². The number of carboxylic acids is 1. The van der Waals surface area contributed by atoms with E-state index in [4.69, 9.17) is 21.1 Å². The maximum absolute atomic E-state index is 15.0. The lowest BCUT2D eigenvalue weighted by atomic mass is 9.90. The van der Waals surface area contributed by atoms with Gasteiger partial charge in [0.1, 0.15) is 36.0 Å². The van der Waals surface area contributed by atoms with E-state index in [0.29, 0.717) is 45.2 Å². The van der Waals surface area contributed by atoms with E-state index in [1.807, 2.05) is 18.2 Å². The van der Waals surface area contributed by atoms with Crippen LogP contribution in [0.2, 0.25) is 5.02 Å². The topological polar surface area (TPSA) is 125 Å². The molecule has 1 unspecified atom stereocenters. The fourth-order valence-corrected chi connectivity index (χ4v) is 5.89. The van der Waals surface area contributed by atoms with E-state index in [2.05, 4.69) is 22.4 Å². The van der Waals surface area contributed by atoms with Crippen LogP contribution in [0, 0.1) is 17.1 Å². The van der Waals surface area contributed by atoms with Gasteiger partial charge >= 0.3 is 5.97 Å². The van der Waals surface area contributed by atoms with Gasteiger partial charge in [-0.15, -0.1) is 0 Å². The molecule has 0 spiro atoms. The van der Waals surface area contributed by atoms with E-state index in [0.717, 1.165) is 35.1 Å². The molecule has 0 radical (unpaired) electrons. The van der Waals surface area contributed by atoms with E-state index in [1.165, 1.54) is 19.4 Å². The highest BCUT2D eigenvalue weighted by Crippen LogP contribution is 2.43. The van der Waals surface area contributed by atoms with Crippen molar-refractivity contribution in [3.05, 3.63) is 111 Å². The third-order valence-electron chi connectivity index (χ3n) is 7.90. The predicted molar refractivity (Wildman–Crippen MR) is 163 cm³/mol. The lowest BCUT2D eigenvalue weighted by molar-refractivity contribution is -0.140. The van der Waals surface area contributed by atoms with Crippen molar-refractivity contribution in [2.24, 2.45) is 0 Å². The Labute approximate surface area is 259 Å². The zero-order valence-electron chi connectivity index (χ0n) is 24.0. The van der Waals surface area contributed by atoms with Crippen molar-refractivity contribution < 1.29 is 28.9 Å². The fourth-order valence-electron chi connectivity index (χ4n) is 5.63. The molecule has 44 heavy (non-hydrogen) atoms. The summed E-state index contributed by atoms with van der Waals surface area (Å²) in [6, 6.07) is 17.1. The minimum Gasteiger partial charge on any atom is -0.497 e. The summed E-state index contributed by atoms with van der Waals surface area (Å²) in [5.74, 6) is -0.411. The van der Waals surface area contributed by atoms with Crippen LogP contribution in [0.25, 0.3) is 11.1 Å². The Morgan fingerprint density at radius 1 is 1.18 bits per heavy atom. The molecule has 1 aromatic heterocycles. The number of methoxy groups -OCH3 is 1. The highest BCUT2D eigenvalue weighted by molar-refractivity contribution is 6.31. The standard InChI is InChI=1S/C34H31ClFN3O5/c1-43-25-6-8-29(31(36)13-25)27-4-2-3-26-22(5-7-28(26)27)10-23-12-33(44-19-21-9-20(14-37)15-38-16-21)24(11-30(23)35)17-39-32(18-40)34(41)42/h2-4,6,8-9,11-13,15-16,22,32,39-40H,5,7,10,17-19H2,1H3,(H,41,42)/t22-,32?/m1/s1. The Bertz CT molecular complexity index is 1720. The second-order valence-corrected chi connectivity index (χ2v) is 11.1. The van der Waals surface area contributed by atoms with Crippen LogP contribution in [0.5, 0.6) is 11.5 Å². The first-order chi connectivity index (χ1) is 21.3. The number of hydrogen-bond donors (Lipinski definition) is 3. The highest BCUT2D eigenvalue weighted by atomic mass is 35.5. The number of ether oxygens (including phenoxy) is 2. The van der Waals surface area contributed by atoms with Gasteiger partial charge in [-0.05, 0) is 77.8 Å². The molecule has 226 valence electrons. The van der Waals surface area contributed by atoms with E-state index in [-0.39, 0.29) is 24.9 Å². The minimum absolute atomic E-state index is 0.0897. The van der Waals surface area contributed by atoms with Crippen LogP contribution in [-0.2, 0) is 30.8 Å². The molecule has 0 saturated heterocycles. The van der Waals surface area contributed by atoms with Crippen molar-refractivity contribution in [1.29, 1.82) is 5.26 Å². The van der Waals surface area contributed by atoms with Gasteiger partial charge in [-0.2, -0.15) is 5.26 Å². The number of aliphatic hydroxyl groups excluding tert-OH is 1. The van der Waals surface area contributed by atoms with Gasteiger partial charge < -0.3 is 19.7 Å². The van der Waals surface area contributed by atoms with Crippen LogP contribution in [-0.4, -0.2) is 40.9 Å². The summed E-state index contributed by atoms with van der Waals surface area (Å²) in [5.41, 5.74) is 6.24. The van der Waals surface area contributed by atoms with Crippen LogP contribution in [0.1, 0.15) is 45.7 Å². The second kappa shape index (κ2) is 13.9. The molecule has 10 heteroatoms. The molecular weight excluding hydrogens is 585 g/mol. The summed E-state index contributed by atoms with van der Waals surface area (Å²) < 4.78 is 26.4. The Kier molecular flexibility index (Phi) is 9.75. The molecule has 1 aliphatic carbocycles. The zero-order valence-corrected chi connectivity index (χ0v) is 24.8. The van der Waals surface area contributed by atoms with Gasteiger partial charge in [0.25, 0.3) is 0 Å². The number of carbonyl (C=O) groups is 1. The van der Waals surface area contributed by atoms with Gasteiger partial charge in [0, 0.05) is 46.7 Å². The first-order valence-corrected chi connectivity index (χ1v) is 14.5. The van der Waals surface area contributed by atoms with Crippen molar-refractivity contribution in [3.8, 4) is 28.7 Å². The summed E-state index contributed by atoms with van der Waals surface area (Å²) >= 11 is 6.80. The fraction of sp³-hybridized carbons (Fsp3) is 0.265. The normalized spacial score (nSPS) is 14.5. The molecule has 0 saturated carbocycles. The molecule has 3 N–H and O–H groups in total. The molecule has 0 bridgehead atoms. The number of nitrogens with one attached hydrogen (secondary N) is 1. The predicted octanol–water partition coefficient (Wildman–Crippen LogP) is 5.81. The molecular formula is C34H31ClFN3O5. The van der Waals surface area contributed by atoms with Gasteiger partial charge in [0.15, 0.2) is 0 Å². The van der Waals surface area contributed by atoms with Gasteiger partial charge in [-0.3, -0.25) is 15.1 Å². The quantitative estimate of drug-likeness (QED) is 0.182. The zero-order chi connectivity index (χ0) is 31.2. The second-order valence-electron chi connectivity index (χ2n) is 10.6. The Hall–Kier alpha value is -4.49. The minimum atomic E-state index is -1.18. The van der Waals surface area contributed by atoms with E-state index < -0.39 is 18.6 Å². The Balaban J connectivity index is 1.43. The first-order valence-electron chi connectivity index (χ1n) is 14.1. The molecule has 2 atom stereocenters. The molecule has 0 amide bonds. The number of hydrogen-bond acceptors (Lipinski definition) is 7. The van der Waals surface area contributed by atoms with Crippen LogP contribution in [0.4, 0.5) is 4.39 Å². The molecule has 5 rings (SSSR count). The number of benzene rings is 3.